The Hall–Kier alpha value is -2.13. The van der Waals surface area contributed by atoms with Crippen LogP contribution in [0.4, 0.5) is 5.69 Å². The molecule has 2 N–H and O–H groups in total. The van der Waals surface area contributed by atoms with Crippen molar-refractivity contribution in [2.45, 2.75) is 62.5 Å². The fraction of sp³-hybridized carbons (Fsp3) is 0.600. The SMILES string of the molecule is C[C@H]1Oc2ccc(S(=O)(=O)N3CCC[C@H](C(=O)NC4CCCC4)C3)cc2NC1=O. The summed E-state index contributed by atoms with van der Waals surface area (Å²) in [5, 5.41) is 5.77. The van der Waals surface area contributed by atoms with Crippen molar-refractivity contribution in [3.8, 4) is 5.75 Å². The molecule has 1 saturated heterocycles. The van der Waals surface area contributed by atoms with Gasteiger partial charge in [-0.3, -0.25) is 9.59 Å². The van der Waals surface area contributed by atoms with Gasteiger partial charge in [0.05, 0.1) is 16.5 Å². The Labute approximate surface area is 171 Å². The van der Waals surface area contributed by atoms with Gasteiger partial charge in [0, 0.05) is 19.1 Å². The van der Waals surface area contributed by atoms with E-state index in [0.29, 0.717) is 30.8 Å². The molecule has 0 unspecified atom stereocenters. The summed E-state index contributed by atoms with van der Waals surface area (Å²) >= 11 is 0. The van der Waals surface area contributed by atoms with E-state index in [9.17, 15) is 18.0 Å². The van der Waals surface area contributed by atoms with Gasteiger partial charge in [0.15, 0.2) is 6.10 Å². The number of nitrogens with zero attached hydrogens (tertiary/aromatic N) is 1. The predicted octanol–water partition coefficient (Wildman–Crippen LogP) is 1.87. The first kappa shape index (κ1) is 20.2. The van der Waals surface area contributed by atoms with E-state index in [1.165, 1.54) is 16.4 Å². The van der Waals surface area contributed by atoms with Gasteiger partial charge in [0.1, 0.15) is 5.75 Å². The van der Waals surface area contributed by atoms with E-state index in [-0.39, 0.29) is 35.2 Å². The summed E-state index contributed by atoms with van der Waals surface area (Å²) in [7, 11) is -3.77. The first-order valence-corrected chi connectivity index (χ1v) is 11.7. The van der Waals surface area contributed by atoms with Crippen LogP contribution in [0.25, 0.3) is 0 Å². The van der Waals surface area contributed by atoms with Gasteiger partial charge in [-0.1, -0.05) is 12.8 Å². The van der Waals surface area contributed by atoms with Crippen LogP contribution in [0, 0.1) is 5.92 Å². The second-order valence-electron chi connectivity index (χ2n) is 8.10. The minimum atomic E-state index is -3.77. The van der Waals surface area contributed by atoms with Crippen LogP contribution in [0.1, 0.15) is 45.4 Å². The van der Waals surface area contributed by atoms with Gasteiger partial charge in [0.25, 0.3) is 5.91 Å². The van der Waals surface area contributed by atoms with Crippen LogP contribution >= 0.6 is 0 Å². The van der Waals surface area contributed by atoms with Crippen LogP contribution in [-0.2, 0) is 19.6 Å². The molecule has 158 valence electrons. The summed E-state index contributed by atoms with van der Waals surface area (Å²) < 4.78 is 33.2. The molecular weight excluding hydrogens is 394 g/mol. The van der Waals surface area contributed by atoms with Crippen molar-refractivity contribution in [3.63, 3.8) is 0 Å². The lowest BCUT2D eigenvalue weighted by Gasteiger charge is -2.32. The van der Waals surface area contributed by atoms with Crippen LogP contribution in [0.3, 0.4) is 0 Å². The third-order valence-electron chi connectivity index (χ3n) is 5.98. The largest absolute Gasteiger partial charge is 0.479 e. The molecule has 2 fully saturated rings. The Bertz CT molecular complexity index is 911. The van der Waals surface area contributed by atoms with Gasteiger partial charge < -0.3 is 15.4 Å². The lowest BCUT2D eigenvalue weighted by atomic mass is 9.98. The molecule has 2 amide bonds. The van der Waals surface area contributed by atoms with Crippen molar-refractivity contribution in [1.82, 2.24) is 9.62 Å². The lowest BCUT2D eigenvalue weighted by Crippen LogP contribution is -2.47. The molecule has 4 rings (SSSR count). The summed E-state index contributed by atoms with van der Waals surface area (Å²) in [5.74, 6) is -0.241. The smallest absolute Gasteiger partial charge is 0.265 e. The summed E-state index contributed by atoms with van der Waals surface area (Å²) in [6, 6.07) is 4.70. The zero-order valence-electron chi connectivity index (χ0n) is 16.5. The number of hydrogen-bond donors (Lipinski definition) is 2. The monoisotopic (exact) mass is 421 g/mol. The van der Waals surface area contributed by atoms with Crippen LogP contribution < -0.4 is 15.4 Å². The topological polar surface area (TPSA) is 105 Å². The molecular formula is C20H27N3O5S. The molecule has 2 aliphatic heterocycles. The number of ether oxygens (including phenoxy) is 1. The minimum Gasteiger partial charge on any atom is -0.479 e. The van der Waals surface area contributed by atoms with Gasteiger partial charge in [-0.25, -0.2) is 8.42 Å². The minimum absolute atomic E-state index is 0.0445. The normalized spacial score (nSPS) is 25.8. The third kappa shape index (κ3) is 4.11. The number of fused-ring (bicyclic) bond motifs is 1. The van der Waals surface area contributed by atoms with Crippen LogP contribution in [-0.4, -0.2) is 49.8 Å². The quantitative estimate of drug-likeness (QED) is 0.772. The molecule has 2 atom stereocenters. The fourth-order valence-corrected chi connectivity index (χ4v) is 5.81. The van der Waals surface area contributed by atoms with Gasteiger partial charge in [-0.2, -0.15) is 4.31 Å². The average molecular weight is 422 g/mol. The Morgan fingerprint density at radius 2 is 1.97 bits per heavy atom. The molecule has 2 heterocycles. The van der Waals surface area contributed by atoms with E-state index < -0.39 is 16.1 Å². The second kappa shape index (κ2) is 7.95. The average Bonchev–Trinajstić information content (AvgIpc) is 3.21. The number of rotatable bonds is 4. The van der Waals surface area contributed by atoms with Gasteiger partial charge >= 0.3 is 0 Å². The van der Waals surface area contributed by atoms with Gasteiger partial charge in [-0.15, -0.1) is 0 Å². The van der Waals surface area contributed by atoms with E-state index in [2.05, 4.69) is 10.6 Å². The van der Waals surface area contributed by atoms with E-state index in [1.54, 1.807) is 13.0 Å². The molecule has 1 saturated carbocycles. The van der Waals surface area contributed by atoms with Crippen molar-refractivity contribution in [1.29, 1.82) is 0 Å². The summed E-state index contributed by atoms with van der Waals surface area (Å²) in [6.07, 6.45) is 4.98. The molecule has 1 aromatic carbocycles. The highest BCUT2D eigenvalue weighted by Crippen LogP contribution is 2.33. The number of anilines is 1. The van der Waals surface area contributed by atoms with E-state index in [0.717, 1.165) is 25.7 Å². The molecule has 8 nitrogen and oxygen atoms in total. The lowest BCUT2D eigenvalue weighted by molar-refractivity contribution is -0.126. The standard InChI is InChI=1S/C20H27N3O5S/c1-13-19(24)22-17-11-16(8-9-18(17)28-13)29(26,27)23-10-4-5-14(12-23)20(25)21-15-6-2-3-7-15/h8-9,11,13-15H,2-7,10,12H2,1H3,(H,21,25)(H,22,24)/t13-,14+/m1/s1. The Morgan fingerprint density at radius 3 is 2.72 bits per heavy atom. The highest BCUT2D eigenvalue weighted by atomic mass is 32.2. The number of piperidine rings is 1. The van der Waals surface area contributed by atoms with Crippen molar-refractivity contribution in [3.05, 3.63) is 18.2 Å². The van der Waals surface area contributed by atoms with Crippen molar-refractivity contribution in [2.24, 2.45) is 5.92 Å². The zero-order valence-corrected chi connectivity index (χ0v) is 17.3. The van der Waals surface area contributed by atoms with Gasteiger partial charge in [0.2, 0.25) is 15.9 Å². The van der Waals surface area contributed by atoms with Crippen molar-refractivity contribution in [2.75, 3.05) is 18.4 Å². The Balaban J connectivity index is 1.49. The summed E-state index contributed by atoms with van der Waals surface area (Å²) in [4.78, 5) is 24.6. The molecule has 0 spiro atoms. The Morgan fingerprint density at radius 1 is 1.21 bits per heavy atom. The first-order chi connectivity index (χ1) is 13.8. The number of benzene rings is 1. The van der Waals surface area contributed by atoms with Gasteiger partial charge in [-0.05, 0) is 50.8 Å². The highest BCUT2D eigenvalue weighted by Gasteiger charge is 2.35. The maximum Gasteiger partial charge on any atom is 0.265 e. The number of hydrogen-bond acceptors (Lipinski definition) is 5. The molecule has 0 radical (unpaired) electrons. The molecule has 1 aromatic rings. The molecule has 29 heavy (non-hydrogen) atoms. The van der Waals surface area contributed by atoms with E-state index in [4.69, 9.17) is 4.74 Å². The molecule has 0 aromatic heterocycles. The molecule has 0 bridgehead atoms. The van der Waals surface area contributed by atoms with E-state index >= 15 is 0 Å². The highest BCUT2D eigenvalue weighted by molar-refractivity contribution is 7.89. The van der Waals surface area contributed by atoms with Crippen LogP contribution in [0.2, 0.25) is 0 Å². The second-order valence-corrected chi connectivity index (χ2v) is 10.0. The van der Waals surface area contributed by atoms with Crippen molar-refractivity contribution >= 4 is 27.5 Å². The zero-order chi connectivity index (χ0) is 20.6. The van der Waals surface area contributed by atoms with Crippen molar-refractivity contribution < 1.29 is 22.7 Å². The first-order valence-electron chi connectivity index (χ1n) is 10.3. The number of sulfonamides is 1. The number of nitrogens with one attached hydrogen (secondary N) is 2. The van der Waals surface area contributed by atoms with Crippen LogP contribution in [0.15, 0.2) is 23.1 Å². The molecule has 1 aliphatic carbocycles. The predicted molar refractivity (Wildman–Crippen MR) is 107 cm³/mol. The maximum atomic E-state index is 13.2. The summed E-state index contributed by atoms with van der Waals surface area (Å²) in [6.45, 7) is 2.19. The molecule has 3 aliphatic rings. The number of carbonyl (C=O) groups is 2. The van der Waals surface area contributed by atoms with Crippen LogP contribution in [0.5, 0.6) is 5.75 Å². The third-order valence-corrected chi connectivity index (χ3v) is 7.84. The van der Waals surface area contributed by atoms with E-state index in [1.807, 2.05) is 0 Å². The summed E-state index contributed by atoms with van der Waals surface area (Å²) in [5.41, 5.74) is 0.349. The maximum absolute atomic E-state index is 13.2. The fourth-order valence-electron chi connectivity index (χ4n) is 4.26. The molecule has 9 heteroatoms. The number of carbonyl (C=O) groups excluding carboxylic acids is 2. The Kier molecular flexibility index (Phi) is 5.52. The number of amides is 2.